The highest BCUT2D eigenvalue weighted by Gasteiger charge is 2.36. The fraction of sp³-hybridized carbons (Fsp3) is 0.320. The summed E-state index contributed by atoms with van der Waals surface area (Å²) in [5.41, 5.74) is 3.68. The predicted molar refractivity (Wildman–Crippen MR) is 115 cm³/mol. The molecule has 3 aromatic rings. The van der Waals surface area contributed by atoms with Crippen molar-refractivity contribution in [3.05, 3.63) is 88.1 Å². The van der Waals surface area contributed by atoms with E-state index in [1.807, 2.05) is 22.8 Å². The molecular formula is C25H25FN2O2. The monoisotopic (exact) mass is 404 g/mol. The molecular weight excluding hydrogens is 379 g/mol. The van der Waals surface area contributed by atoms with Gasteiger partial charge in [-0.25, -0.2) is 4.39 Å². The van der Waals surface area contributed by atoms with Crippen molar-refractivity contribution in [2.24, 2.45) is 5.92 Å². The Morgan fingerprint density at radius 1 is 0.967 bits per heavy atom. The number of hydrogen-bond donors (Lipinski definition) is 0. The molecule has 1 saturated heterocycles. The highest BCUT2D eigenvalue weighted by atomic mass is 19.1. The van der Waals surface area contributed by atoms with Crippen LogP contribution < -0.4 is 10.3 Å². The number of likely N-dealkylation sites (tertiary alicyclic amines) is 1. The van der Waals surface area contributed by atoms with Crippen molar-refractivity contribution in [3.63, 3.8) is 0 Å². The Hall–Kier alpha value is -2.92. The minimum absolute atomic E-state index is 0.0170. The van der Waals surface area contributed by atoms with Crippen molar-refractivity contribution in [1.29, 1.82) is 0 Å². The van der Waals surface area contributed by atoms with Gasteiger partial charge in [0.15, 0.2) is 0 Å². The molecule has 0 radical (unpaired) electrons. The SMILES string of the molecule is COc1ccc(CN2C[C@H]3C[C@H](C2)c2c(-c4ccccc4F)ccc(=O)n2C3)cc1. The Balaban J connectivity index is 1.48. The molecule has 2 bridgehead atoms. The first-order chi connectivity index (χ1) is 14.6. The average molecular weight is 404 g/mol. The molecule has 2 aromatic carbocycles. The number of fused-ring (bicyclic) bond motifs is 4. The smallest absolute Gasteiger partial charge is 0.250 e. The van der Waals surface area contributed by atoms with Crippen LogP contribution in [0.1, 0.15) is 23.6 Å². The van der Waals surface area contributed by atoms with Gasteiger partial charge in [0.05, 0.1) is 7.11 Å². The van der Waals surface area contributed by atoms with Gasteiger partial charge in [-0.3, -0.25) is 9.69 Å². The molecule has 2 atom stereocenters. The maximum Gasteiger partial charge on any atom is 0.250 e. The summed E-state index contributed by atoms with van der Waals surface area (Å²) in [7, 11) is 1.67. The van der Waals surface area contributed by atoms with Crippen LogP contribution in [-0.2, 0) is 13.1 Å². The maximum atomic E-state index is 14.6. The van der Waals surface area contributed by atoms with Gasteiger partial charge in [-0.2, -0.15) is 0 Å². The van der Waals surface area contributed by atoms with Crippen LogP contribution in [0.2, 0.25) is 0 Å². The third-order valence-electron chi connectivity index (χ3n) is 6.39. The second kappa shape index (κ2) is 7.73. The zero-order valence-corrected chi connectivity index (χ0v) is 17.1. The summed E-state index contributed by atoms with van der Waals surface area (Å²) in [5.74, 6) is 1.27. The summed E-state index contributed by atoms with van der Waals surface area (Å²) in [6, 6.07) is 18.4. The minimum atomic E-state index is -0.244. The van der Waals surface area contributed by atoms with E-state index in [0.717, 1.165) is 43.1 Å². The average Bonchev–Trinajstić information content (AvgIpc) is 2.75. The van der Waals surface area contributed by atoms with Gasteiger partial charge in [-0.15, -0.1) is 0 Å². The van der Waals surface area contributed by atoms with Crippen LogP contribution in [0.15, 0.2) is 65.5 Å². The molecule has 0 unspecified atom stereocenters. The Labute approximate surface area is 175 Å². The van der Waals surface area contributed by atoms with E-state index in [1.165, 1.54) is 11.6 Å². The molecule has 30 heavy (non-hydrogen) atoms. The number of pyridine rings is 1. The topological polar surface area (TPSA) is 34.5 Å². The maximum absolute atomic E-state index is 14.6. The number of piperidine rings is 1. The number of methoxy groups -OCH3 is 1. The van der Waals surface area contributed by atoms with Gasteiger partial charge in [0.2, 0.25) is 0 Å². The van der Waals surface area contributed by atoms with Crippen LogP contribution in [-0.4, -0.2) is 29.7 Å². The number of ether oxygens (including phenoxy) is 1. The Kier molecular flexibility index (Phi) is 4.91. The first kappa shape index (κ1) is 19.1. The Bertz CT molecular complexity index is 1120. The van der Waals surface area contributed by atoms with Crippen molar-refractivity contribution in [2.75, 3.05) is 20.2 Å². The third kappa shape index (κ3) is 3.43. The lowest BCUT2D eigenvalue weighted by Crippen LogP contribution is -2.47. The van der Waals surface area contributed by atoms with Crippen LogP contribution in [0.4, 0.5) is 4.39 Å². The summed E-state index contributed by atoms with van der Waals surface area (Å²) in [6.07, 6.45) is 1.05. The van der Waals surface area contributed by atoms with E-state index < -0.39 is 0 Å². The molecule has 5 heteroatoms. The van der Waals surface area contributed by atoms with Crippen molar-refractivity contribution in [3.8, 4) is 16.9 Å². The lowest BCUT2D eigenvalue weighted by Gasteiger charge is -2.43. The van der Waals surface area contributed by atoms with Crippen molar-refractivity contribution in [1.82, 2.24) is 9.47 Å². The standard InChI is InChI=1S/C25H25FN2O2/c1-30-20-8-6-17(7-9-20)13-27-14-18-12-19(16-27)25-22(10-11-24(29)28(25)15-18)21-4-2-3-5-23(21)26/h2-11,18-19H,12-16H2,1H3/t18-,19-/m1/s1. The van der Waals surface area contributed by atoms with Crippen LogP contribution in [0.3, 0.4) is 0 Å². The first-order valence-corrected chi connectivity index (χ1v) is 10.5. The van der Waals surface area contributed by atoms with Gasteiger partial charge in [0.25, 0.3) is 5.56 Å². The van der Waals surface area contributed by atoms with Crippen LogP contribution in [0, 0.1) is 11.7 Å². The van der Waals surface area contributed by atoms with E-state index in [2.05, 4.69) is 17.0 Å². The highest BCUT2D eigenvalue weighted by molar-refractivity contribution is 5.67. The molecule has 1 fully saturated rings. The molecule has 0 amide bonds. The van der Waals surface area contributed by atoms with Crippen molar-refractivity contribution < 1.29 is 9.13 Å². The van der Waals surface area contributed by atoms with Crippen molar-refractivity contribution in [2.45, 2.75) is 25.4 Å². The Morgan fingerprint density at radius 3 is 2.53 bits per heavy atom. The quantitative estimate of drug-likeness (QED) is 0.651. The lowest BCUT2D eigenvalue weighted by molar-refractivity contribution is 0.114. The summed E-state index contributed by atoms with van der Waals surface area (Å²) >= 11 is 0. The van der Waals surface area contributed by atoms with Gasteiger partial charge < -0.3 is 9.30 Å². The van der Waals surface area contributed by atoms with Gasteiger partial charge in [-0.05, 0) is 42.2 Å². The van der Waals surface area contributed by atoms with Gasteiger partial charge in [0, 0.05) is 55.0 Å². The summed E-state index contributed by atoms with van der Waals surface area (Å²) in [6.45, 7) is 3.40. The summed E-state index contributed by atoms with van der Waals surface area (Å²) in [5, 5.41) is 0. The molecule has 0 saturated carbocycles. The van der Waals surface area contributed by atoms with Crippen LogP contribution in [0.5, 0.6) is 5.75 Å². The number of benzene rings is 2. The fourth-order valence-corrected chi connectivity index (χ4v) is 5.14. The largest absolute Gasteiger partial charge is 0.497 e. The van der Waals surface area contributed by atoms with E-state index in [9.17, 15) is 9.18 Å². The van der Waals surface area contributed by atoms with Gasteiger partial charge in [0.1, 0.15) is 11.6 Å². The fourth-order valence-electron chi connectivity index (χ4n) is 5.14. The molecule has 3 heterocycles. The number of rotatable bonds is 4. The van der Waals surface area contributed by atoms with E-state index in [1.54, 1.807) is 31.4 Å². The molecule has 2 aliphatic heterocycles. The number of nitrogens with zero attached hydrogens (tertiary/aromatic N) is 2. The first-order valence-electron chi connectivity index (χ1n) is 10.5. The van der Waals surface area contributed by atoms with Gasteiger partial charge >= 0.3 is 0 Å². The summed E-state index contributed by atoms with van der Waals surface area (Å²) < 4.78 is 21.7. The van der Waals surface area contributed by atoms with Crippen molar-refractivity contribution >= 4 is 0 Å². The van der Waals surface area contributed by atoms with E-state index in [0.29, 0.717) is 18.0 Å². The normalized spacial score (nSPS) is 20.6. The van der Waals surface area contributed by atoms with Crippen LogP contribution >= 0.6 is 0 Å². The molecule has 154 valence electrons. The molecule has 0 N–H and O–H groups in total. The van der Waals surface area contributed by atoms with E-state index in [4.69, 9.17) is 4.74 Å². The molecule has 1 aromatic heterocycles. The van der Waals surface area contributed by atoms with Gasteiger partial charge in [-0.1, -0.05) is 30.3 Å². The molecule has 0 aliphatic carbocycles. The number of hydrogen-bond acceptors (Lipinski definition) is 3. The van der Waals surface area contributed by atoms with E-state index >= 15 is 0 Å². The molecule has 4 nitrogen and oxygen atoms in total. The molecule has 0 spiro atoms. The van der Waals surface area contributed by atoms with E-state index in [-0.39, 0.29) is 17.3 Å². The van der Waals surface area contributed by atoms with Crippen LogP contribution in [0.25, 0.3) is 11.1 Å². The Morgan fingerprint density at radius 2 is 1.77 bits per heavy atom. The predicted octanol–water partition coefficient (Wildman–Crippen LogP) is 4.28. The summed E-state index contributed by atoms with van der Waals surface area (Å²) in [4.78, 5) is 15.1. The number of halogens is 1. The number of aromatic nitrogens is 1. The lowest BCUT2D eigenvalue weighted by atomic mass is 9.80. The minimum Gasteiger partial charge on any atom is -0.497 e. The second-order valence-electron chi connectivity index (χ2n) is 8.40. The zero-order valence-electron chi connectivity index (χ0n) is 17.1. The highest BCUT2D eigenvalue weighted by Crippen LogP contribution is 2.40. The second-order valence-corrected chi connectivity index (χ2v) is 8.40. The zero-order chi connectivity index (χ0) is 20.7. The molecule has 5 rings (SSSR count). The molecule has 2 aliphatic rings. The third-order valence-corrected chi connectivity index (χ3v) is 6.39.